The number of aryl methyl sites for hydroxylation is 2. The van der Waals surface area contributed by atoms with Crippen molar-refractivity contribution in [2.24, 2.45) is 0 Å². The first-order chi connectivity index (χ1) is 9.08. The van der Waals surface area contributed by atoms with Gasteiger partial charge in [-0.05, 0) is 55.2 Å². The zero-order chi connectivity index (χ0) is 13.8. The minimum atomic E-state index is 0.344. The van der Waals surface area contributed by atoms with E-state index in [0.29, 0.717) is 6.04 Å². The molecule has 19 heavy (non-hydrogen) atoms. The van der Waals surface area contributed by atoms with Gasteiger partial charge in [-0.1, -0.05) is 46.3 Å². The highest BCUT2D eigenvalue weighted by atomic mass is 79.9. The fraction of sp³-hybridized carbons (Fsp3) is 0.294. The number of rotatable bonds is 4. The summed E-state index contributed by atoms with van der Waals surface area (Å²) >= 11 is 3.52. The maximum atomic E-state index is 3.60. The van der Waals surface area contributed by atoms with Gasteiger partial charge in [0.05, 0.1) is 0 Å². The van der Waals surface area contributed by atoms with E-state index in [0.717, 1.165) is 11.0 Å². The summed E-state index contributed by atoms with van der Waals surface area (Å²) in [6, 6.07) is 15.3. The van der Waals surface area contributed by atoms with E-state index < -0.39 is 0 Å². The van der Waals surface area contributed by atoms with Gasteiger partial charge in [0.25, 0.3) is 0 Å². The van der Waals surface area contributed by atoms with Crippen LogP contribution in [0.25, 0.3) is 0 Å². The summed E-state index contributed by atoms with van der Waals surface area (Å²) in [4.78, 5) is 0. The molecule has 0 heterocycles. The number of hydrogen-bond donors (Lipinski definition) is 1. The molecule has 2 rings (SSSR count). The van der Waals surface area contributed by atoms with Gasteiger partial charge in [0, 0.05) is 17.1 Å². The molecular weight excluding hydrogens is 298 g/mol. The van der Waals surface area contributed by atoms with E-state index in [4.69, 9.17) is 0 Å². The third-order valence-corrected chi connectivity index (χ3v) is 4.07. The van der Waals surface area contributed by atoms with Crippen molar-refractivity contribution in [1.82, 2.24) is 5.32 Å². The lowest BCUT2D eigenvalue weighted by Crippen LogP contribution is -2.19. The van der Waals surface area contributed by atoms with Crippen molar-refractivity contribution in [3.63, 3.8) is 0 Å². The van der Waals surface area contributed by atoms with E-state index in [9.17, 15) is 0 Å². The predicted octanol–water partition coefficient (Wildman–Crippen LogP) is 4.92. The Morgan fingerprint density at radius 2 is 1.68 bits per heavy atom. The molecule has 0 bridgehead atoms. The van der Waals surface area contributed by atoms with Gasteiger partial charge in [0.2, 0.25) is 0 Å². The van der Waals surface area contributed by atoms with Crippen molar-refractivity contribution >= 4 is 15.9 Å². The van der Waals surface area contributed by atoms with E-state index >= 15 is 0 Å². The second kappa shape index (κ2) is 6.36. The summed E-state index contributed by atoms with van der Waals surface area (Å²) < 4.78 is 1.13. The average molecular weight is 318 g/mol. The third-order valence-electron chi connectivity index (χ3n) is 3.58. The van der Waals surface area contributed by atoms with Crippen LogP contribution in [0.3, 0.4) is 0 Å². The summed E-state index contributed by atoms with van der Waals surface area (Å²) in [5.74, 6) is 0. The fourth-order valence-electron chi connectivity index (χ4n) is 2.28. The van der Waals surface area contributed by atoms with E-state index in [2.05, 4.69) is 84.5 Å². The highest BCUT2D eigenvalue weighted by Crippen LogP contribution is 2.19. The van der Waals surface area contributed by atoms with Gasteiger partial charge >= 0.3 is 0 Å². The molecule has 0 unspecified atom stereocenters. The molecule has 0 saturated heterocycles. The first-order valence-corrected chi connectivity index (χ1v) is 7.41. The molecule has 0 aliphatic heterocycles. The van der Waals surface area contributed by atoms with Crippen molar-refractivity contribution < 1.29 is 0 Å². The standard InChI is InChI=1S/C17H20BrN/c1-12-6-4-7-13(2)17(12)11-19-14(3)15-8-5-9-16(18)10-15/h4-10,14,19H,11H2,1-3H3/t14-/m0/s1. The summed E-state index contributed by atoms with van der Waals surface area (Å²) in [5.41, 5.74) is 5.42. The molecule has 2 aromatic carbocycles. The first-order valence-electron chi connectivity index (χ1n) is 6.62. The van der Waals surface area contributed by atoms with E-state index in [1.54, 1.807) is 0 Å². The Balaban J connectivity index is 2.06. The van der Waals surface area contributed by atoms with Crippen LogP contribution in [0.5, 0.6) is 0 Å². The van der Waals surface area contributed by atoms with Crippen molar-refractivity contribution in [3.05, 3.63) is 69.2 Å². The zero-order valence-corrected chi connectivity index (χ0v) is 13.3. The minimum absolute atomic E-state index is 0.344. The van der Waals surface area contributed by atoms with Crippen LogP contribution in [0.2, 0.25) is 0 Å². The molecule has 0 spiro atoms. The monoisotopic (exact) mass is 317 g/mol. The van der Waals surface area contributed by atoms with Crippen LogP contribution in [0.4, 0.5) is 0 Å². The molecule has 0 saturated carbocycles. The van der Waals surface area contributed by atoms with Crippen molar-refractivity contribution in [3.8, 4) is 0 Å². The average Bonchev–Trinajstić information content (AvgIpc) is 2.38. The van der Waals surface area contributed by atoms with Gasteiger partial charge in [-0.3, -0.25) is 0 Å². The van der Waals surface area contributed by atoms with E-state index in [1.807, 2.05) is 0 Å². The molecular formula is C17H20BrN. The van der Waals surface area contributed by atoms with Crippen molar-refractivity contribution in [2.45, 2.75) is 33.4 Å². The summed E-state index contributed by atoms with van der Waals surface area (Å²) in [7, 11) is 0. The molecule has 0 aliphatic rings. The second-order valence-electron chi connectivity index (χ2n) is 5.03. The van der Waals surface area contributed by atoms with Crippen LogP contribution >= 0.6 is 15.9 Å². The maximum absolute atomic E-state index is 3.60. The molecule has 100 valence electrons. The topological polar surface area (TPSA) is 12.0 Å². The zero-order valence-electron chi connectivity index (χ0n) is 11.7. The largest absolute Gasteiger partial charge is 0.306 e. The molecule has 2 aromatic rings. The van der Waals surface area contributed by atoms with E-state index in [-0.39, 0.29) is 0 Å². The molecule has 0 aromatic heterocycles. The maximum Gasteiger partial charge on any atom is 0.0295 e. The van der Waals surface area contributed by atoms with Crippen LogP contribution in [0, 0.1) is 13.8 Å². The highest BCUT2D eigenvalue weighted by Gasteiger charge is 2.07. The Kier molecular flexibility index (Phi) is 4.78. The minimum Gasteiger partial charge on any atom is -0.306 e. The summed E-state index contributed by atoms with van der Waals surface area (Å²) in [6.07, 6.45) is 0. The van der Waals surface area contributed by atoms with Crippen LogP contribution in [-0.4, -0.2) is 0 Å². The number of halogens is 1. The fourth-order valence-corrected chi connectivity index (χ4v) is 2.69. The second-order valence-corrected chi connectivity index (χ2v) is 5.94. The summed E-state index contributed by atoms with van der Waals surface area (Å²) in [6.45, 7) is 7.46. The number of hydrogen-bond acceptors (Lipinski definition) is 1. The summed E-state index contributed by atoms with van der Waals surface area (Å²) in [5, 5.41) is 3.60. The molecule has 2 heteroatoms. The Morgan fingerprint density at radius 1 is 1.05 bits per heavy atom. The van der Waals surface area contributed by atoms with Crippen LogP contribution < -0.4 is 5.32 Å². The number of benzene rings is 2. The molecule has 1 nitrogen and oxygen atoms in total. The third kappa shape index (κ3) is 3.68. The van der Waals surface area contributed by atoms with Gasteiger partial charge in [0.1, 0.15) is 0 Å². The van der Waals surface area contributed by atoms with Crippen molar-refractivity contribution in [2.75, 3.05) is 0 Å². The Morgan fingerprint density at radius 3 is 2.32 bits per heavy atom. The van der Waals surface area contributed by atoms with Gasteiger partial charge in [0.15, 0.2) is 0 Å². The Labute approximate surface area is 124 Å². The SMILES string of the molecule is Cc1cccc(C)c1CN[C@@H](C)c1cccc(Br)c1. The quantitative estimate of drug-likeness (QED) is 0.844. The molecule has 1 atom stereocenters. The lowest BCUT2D eigenvalue weighted by molar-refractivity contribution is 0.572. The molecule has 0 aliphatic carbocycles. The van der Waals surface area contributed by atoms with Gasteiger partial charge < -0.3 is 5.32 Å². The van der Waals surface area contributed by atoms with Gasteiger partial charge in [-0.15, -0.1) is 0 Å². The Hall–Kier alpha value is -1.12. The van der Waals surface area contributed by atoms with Crippen molar-refractivity contribution in [1.29, 1.82) is 0 Å². The molecule has 0 fully saturated rings. The Bertz CT molecular complexity index is 543. The number of nitrogens with one attached hydrogen (secondary N) is 1. The highest BCUT2D eigenvalue weighted by molar-refractivity contribution is 9.10. The van der Waals surface area contributed by atoms with Gasteiger partial charge in [-0.25, -0.2) is 0 Å². The molecule has 0 radical (unpaired) electrons. The normalized spacial score (nSPS) is 12.4. The van der Waals surface area contributed by atoms with Crippen LogP contribution in [0.1, 0.15) is 35.2 Å². The van der Waals surface area contributed by atoms with E-state index in [1.165, 1.54) is 22.3 Å². The lowest BCUT2D eigenvalue weighted by Gasteiger charge is -2.17. The van der Waals surface area contributed by atoms with Crippen LogP contribution in [-0.2, 0) is 6.54 Å². The molecule has 1 N–H and O–H groups in total. The smallest absolute Gasteiger partial charge is 0.0295 e. The van der Waals surface area contributed by atoms with Crippen LogP contribution in [0.15, 0.2) is 46.9 Å². The molecule has 0 amide bonds. The predicted molar refractivity (Wildman–Crippen MR) is 85.3 cm³/mol. The lowest BCUT2D eigenvalue weighted by atomic mass is 10.0. The first kappa shape index (κ1) is 14.3. The van der Waals surface area contributed by atoms with Gasteiger partial charge in [-0.2, -0.15) is 0 Å².